The molecule has 1 amide bonds. The summed E-state index contributed by atoms with van der Waals surface area (Å²) in [4.78, 5) is 16.8. The van der Waals surface area contributed by atoms with E-state index in [2.05, 4.69) is 0 Å². The number of benzene rings is 3. The molecule has 0 unspecified atom stereocenters. The first-order chi connectivity index (χ1) is 17.7. The molecule has 0 N–H and O–H groups in total. The van der Waals surface area contributed by atoms with Crippen LogP contribution in [0.1, 0.15) is 5.56 Å². The van der Waals surface area contributed by atoms with E-state index in [0.717, 1.165) is 9.87 Å². The third-order valence-electron chi connectivity index (χ3n) is 6.37. The predicted octanol–water partition coefficient (Wildman–Crippen LogP) is 3.70. The summed E-state index contributed by atoms with van der Waals surface area (Å²) >= 11 is 0. The molecule has 0 aliphatic carbocycles. The predicted molar refractivity (Wildman–Crippen MR) is 140 cm³/mol. The van der Waals surface area contributed by atoms with E-state index in [4.69, 9.17) is 9.47 Å². The molecule has 37 heavy (non-hydrogen) atoms. The van der Waals surface area contributed by atoms with Gasteiger partial charge in [-0.2, -0.15) is 0 Å². The highest BCUT2D eigenvalue weighted by Gasteiger charge is 2.31. The minimum atomic E-state index is -4.13. The van der Waals surface area contributed by atoms with Crippen molar-refractivity contribution in [3.63, 3.8) is 0 Å². The molecule has 0 saturated carbocycles. The Morgan fingerprint density at radius 1 is 0.919 bits per heavy atom. The van der Waals surface area contributed by atoms with Crippen molar-refractivity contribution < 1.29 is 27.1 Å². The number of ether oxygens (including phenoxy) is 2. The lowest BCUT2D eigenvalue weighted by Gasteiger charge is -2.37. The molecule has 0 atom stereocenters. The molecule has 1 fully saturated rings. The number of halogens is 1. The Balaban J connectivity index is 1.58. The lowest BCUT2D eigenvalue weighted by atomic mass is 10.2. The second kappa shape index (κ2) is 11.1. The van der Waals surface area contributed by atoms with Gasteiger partial charge in [0.2, 0.25) is 5.91 Å². The highest BCUT2D eigenvalue weighted by Crippen LogP contribution is 2.32. The first-order valence-corrected chi connectivity index (χ1v) is 13.3. The number of hydrogen-bond acceptors (Lipinski definition) is 6. The fourth-order valence-electron chi connectivity index (χ4n) is 4.26. The van der Waals surface area contributed by atoms with Crippen LogP contribution in [-0.4, -0.2) is 66.2 Å². The topological polar surface area (TPSA) is 79.4 Å². The maximum Gasteiger partial charge on any atom is 0.264 e. The zero-order chi connectivity index (χ0) is 26.6. The molecular weight excluding hydrogens is 497 g/mol. The Morgan fingerprint density at radius 3 is 2.19 bits per heavy atom. The zero-order valence-electron chi connectivity index (χ0n) is 21.1. The quantitative estimate of drug-likeness (QED) is 0.445. The summed E-state index contributed by atoms with van der Waals surface area (Å²) in [5.74, 6) is 0.0156. The molecule has 0 bridgehead atoms. The van der Waals surface area contributed by atoms with Crippen LogP contribution >= 0.6 is 0 Å². The Hall–Kier alpha value is -3.79. The normalized spacial score (nSPS) is 13.8. The molecule has 4 rings (SSSR count). The first-order valence-electron chi connectivity index (χ1n) is 11.8. The fourth-order valence-corrected chi connectivity index (χ4v) is 5.69. The summed E-state index contributed by atoms with van der Waals surface area (Å²) in [5, 5.41) is 0. The molecule has 1 saturated heterocycles. The Labute approximate surface area is 216 Å². The van der Waals surface area contributed by atoms with Crippen molar-refractivity contribution in [3.05, 3.63) is 78.1 Å². The number of nitrogens with zero attached hydrogens (tertiary/aromatic N) is 3. The fraction of sp³-hybridized carbons (Fsp3) is 0.296. The van der Waals surface area contributed by atoms with Gasteiger partial charge in [0.25, 0.3) is 10.0 Å². The van der Waals surface area contributed by atoms with Gasteiger partial charge in [-0.15, -0.1) is 0 Å². The number of carbonyl (C=O) groups is 1. The summed E-state index contributed by atoms with van der Waals surface area (Å²) in [7, 11) is -1.23. The number of piperazine rings is 1. The van der Waals surface area contributed by atoms with E-state index in [0.29, 0.717) is 43.3 Å². The standard InChI is InChI=1S/C27H30FN3O5S/c1-20-8-10-21(11-9-20)31(37(33,34)22-12-13-25(35-2)26(18-22)36-3)19-27(32)30-16-14-29(15-17-30)24-7-5-4-6-23(24)28/h4-13,18H,14-17,19H2,1-3H3. The van der Waals surface area contributed by atoms with Gasteiger partial charge in [-0.3, -0.25) is 9.10 Å². The largest absolute Gasteiger partial charge is 0.493 e. The summed E-state index contributed by atoms with van der Waals surface area (Å²) in [6.45, 7) is 3.12. The van der Waals surface area contributed by atoms with E-state index in [1.54, 1.807) is 47.4 Å². The number of hydrogen-bond donors (Lipinski definition) is 0. The molecule has 0 radical (unpaired) electrons. The van der Waals surface area contributed by atoms with Gasteiger partial charge in [-0.05, 0) is 43.3 Å². The summed E-state index contributed by atoms with van der Waals surface area (Å²) in [6, 6.07) is 17.8. The van der Waals surface area contributed by atoms with Gasteiger partial charge in [0.1, 0.15) is 12.4 Å². The molecule has 0 spiro atoms. The molecule has 1 aliphatic heterocycles. The van der Waals surface area contributed by atoms with Crippen LogP contribution in [0.15, 0.2) is 71.6 Å². The number of amides is 1. The maximum atomic E-state index is 14.2. The monoisotopic (exact) mass is 527 g/mol. The second-order valence-corrected chi connectivity index (χ2v) is 10.5. The van der Waals surface area contributed by atoms with Gasteiger partial charge < -0.3 is 19.3 Å². The lowest BCUT2D eigenvalue weighted by Crippen LogP contribution is -2.52. The second-order valence-electron chi connectivity index (χ2n) is 8.68. The van der Waals surface area contributed by atoms with Gasteiger partial charge >= 0.3 is 0 Å². The van der Waals surface area contributed by atoms with Crippen molar-refractivity contribution in [2.75, 3.05) is 56.1 Å². The third-order valence-corrected chi connectivity index (χ3v) is 8.14. The van der Waals surface area contributed by atoms with Gasteiger partial charge in [-0.1, -0.05) is 29.8 Å². The van der Waals surface area contributed by atoms with Crippen LogP contribution in [-0.2, 0) is 14.8 Å². The van der Waals surface area contributed by atoms with Crippen LogP contribution in [0.5, 0.6) is 11.5 Å². The van der Waals surface area contributed by atoms with Crippen molar-refractivity contribution in [1.82, 2.24) is 4.90 Å². The van der Waals surface area contributed by atoms with E-state index < -0.39 is 10.0 Å². The number of anilines is 2. The minimum Gasteiger partial charge on any atom is -0.493 e. The molecule has 3 aromatic carbocycles. The Morgan fingerprint density at radius 2 is 1.57 bits per heavy atom. The number of aryl methyl sites for hydroxylation is 1. The van der Waals surface area contributed by atoms with Crippen molar-refractivity contribution >= 4 is 27.3 Å². The summed E-state index contributed by atoms with van der Waals surface area (Å²) < 4.78 is 53.4. The highest BCUT2D eigenvalue weighted by atomic mass is 32.2. The summed E-state index contributed by atoms with van der Waals surface area (Å²) in [5.41, 5.74) is 1.83. The highest BCUT2D eigenvalue weighted by molar-refractivity contribution is 7.92. The van der Waals surface area contributed by atoms with Crippen LogP contribution in [0.2, 0.25) is 0 Å². The van der Waals surface area contributed by atoms with E-state index in [1.165, 1.54) is 38.5 Å². The molecule has 0 aromatic heterocycles. The molecular formula is C27H30FN3O5S. The number of methoxy groups -OCH3 is 2. The average Bonchev–Trinajstić information content (AvgIpc) is 2.92. The molecule has 10 heteroatoms. The molecule has 1 heterocycles. The Bertz CT molecular complexity index is 1360. The van der Waals surface area contributed by atoms with Crippen LogP contribution in [0.3, 0.4) is 0 Å². The van der Waals surface area contributed by atoms with Crippen molar-refractivity contribution in [2.24, 2.45) is 0 Å². The minimum absolute atomic E-state index is 0.0251. The van der Waals surface area contributed by atoms with Gasteiger partial charge in [0, 0.05) is 32.2 Å². The Kier molecular flexibility index (Phi) is 7.87. The number of rotatable bonds is 8. The van der Waals surface area contributed by atoms with Gasteiger partial charge in [0.15, 0.2) is 11.5 Å². The van der Waals surface area contributed by atoms with Crippen LogP contribution in [0, 0.1) is 12.7 Å². The third kappa shape index (κ3) is 5.64. The maximum absolute atomic E-state index is 14.2. The smallest absolute Gasteiger partial charge is 0.264 e. The van der Waals surface area contributed by atoms with Crippen LogP contribution in [0.25, 0.3) is 0 Å². The SMILES string of the molecule is COc1ccc(S(=O)(=O)N(CC(=O)N2CCN(c3ccccc3F)CC2)c2ccc(C)cc2)cc1OC. The number of sulfonamides is 1. The van der Waals surface area contributed by atoms with Crippen LogP contribution < -0.4 is 18.7 Å². The molecule has 3 aromatic rings. The van der Waals surface area contributed by atoms with Crippen molar-refractivity contribution in [1.29, 1.82) is 0 Å². The van der Waals surface area contributed by atoms with E-state index >= 15 is 0 Å². The number of para-hydroxylation sites is 1. The first kappa shape index (κ1) is 26.3. The molecule has 8 nitrogen and oxygen atoms in total. The van der Waals surface area contributed by atoms with E-state index in [1.807, 2.05) is 11.8 Å². The van der Waals surface area contributed by atoms with Crippen molar-refractivity contribution in [2.45, 2.75) is 11.8 Å². The zero-order valence-corrected chi connectivity index (χ0v) is 21.9. The van der Waals surface area contributed by atoms with E-state index in [9.17, 15) is 17.6 Å². The molecule has 1 aliphatic rings. The lowest BCUT2D eigenvalue weighted by molar-refractivity contribution is -0.129. The average molecular weight is 528 g/mol. The molecule has 196 valence electrons. The van der Waals surface area contributed by atoms with Gasteiger partial charge in [-0.25, -0.2) is 12.8 Å². The van der Waals surface area contributed by atoms with Gasteiger partial charge in [0.05, 0.1) is 30.5 Å². The van der Waals surface area contributed by atoms with Crippen molar-refractivity contribution in [3.8, 4) is 11.5 Å². The van der Waals surface area contributed by atoms with Crippen LogP contribution in [0.4, 0.5) is 15.8 Å². The number of carbonyl (C=O) groups excluding carboxylic acids is 1. The van der Waals surface area contributed by atoms with E-state index in [-0.39, 0.29) is 28.9 Å². The summed E-state index contributed by atoms with van der Waals surface area (Å²) in [6.07, 6.45) is 0.